The predicted octanol–water partition coefficient (Wildman–Crippen LogP) is 1.19. The first-order valence-corrected chi connectivity index (χ1v) is 10.6. The lowest BCUT2D eigenvalue weighted by atomic mass is 9.97. The van der Waals surface area contributed by atoms with Crippen molar-refractivity contribution in [3.8, 4) is 0 Å². The molecule has 0 radical (unpaired) electrons. The van der Waals surface area contributed by atoms with Crippen molar-refractivity contribution in [2.45, 2.75) is 64.4 Å². The largest absolute Gasteiger partial charge is 0.360 e. The van der Waals surface area contributed by atoms with Crippen LogP contribution in [0, 0.1) is 19.8 Å². The van der Waals surface area contributed by atoms with E-state index in [1.807, 2.05) is 0 Å². The van der Waals surface area contributed by atoms with Gasteiger partial charge in [0, 0.05) is 19.1 Å². The second kappa shape index (κ2) is 8.49. The van der Waals surface area contributed by atoms with Gasteiger partial charge in [-0.25, -0.2) is 8.42 Å². The Hall–Kier alpha value is -1.45. The standard InChI is InChI=1S/C17H30N4O4S/c1-11(2)21-8-6-7-15(10-21)9-18-17(22)13(4)20-26(23,24)16-12(3)19-25-14(16)5/h11,13,15,20H,6-10H2,1-5H3,(H,18,22)/t13-,15?/m0/s1. The highest BCUT2D eigenvalue weighted by Crippen LogP contribution is 2.19. The highest BCUT2D eigenvalue weighted by Gasteiger charge is 2.28. The second-order valence-corrected chi connectivity index (χ2v) is 8.99. The Kier molecular flexibility index (Phi) is 6.81. The first-order valence-electron chi connectivity index (χ1n) is 9.08. The maximum Gasteiger partial charge on any atom is 0.246 e. The summed E-state index contributed by atoms with van der Waals surface area (Å²) in [4.78, 5) is 14.7. The quantitative estimate of drug-likeness (QED) is 0.729. The molecule has 0 saturated carbocycles. The van der Waals surface area contributed by atoms with Crippen LogP contribution >= 0.6 is 0 Å². The molecule has 1 unspecified atom stereocenters. The Morgan fingerprint density at radius 3 is 2.62 bits per heavy atom. The normalized spacial score (nSPS) is 20.3. The van der Waals surface area contributed by atoms with Gasteiger partial charge >= 0.3 is 0 Å². The van der Waals surface area contributed by atoms with Crippen LogP contribution in [0.3, 0.4) is 0 Å². The number of nitrogens with zero attached hydrogens (tertiary/aromatic N) is 2. The van der Waals surface area contributed by atoms with E-state index in [-0.39, 0.29) is 22.3 Å². The summed E-state index contributed by atoms with van der Waals surface area (Å²) in [6, 6.07) is -0.382. The predicted molar refractivity (Wildman–Crippen MR) is 98.2 cm³/mol. The lowest BCUT2D eigenvalue weighted by Gasteiger charge is -2.35. The van der Waals surface area contributed by atoms with Gasteiger partial charge in [-0.3, -0.25) is 4.79 Å². The summed E-state index contributed by atoms with van der Waals surface area (Å²) in [6.45, 7) is 11.6. The van der Waals surface area contributed by atoms with E-state index in [1.165, 1.54) is 13.8 Å². The molecule has 1 amide bonds. The average Bonchev–Trinajstić information content (AvgIpc) is 2.91. The number of hydrogen-bond donors (Lipinski definition) is 2. The second-order valence-electron chi connectivity index (χ2n) is 7.34. The van der Waals surface area contributed by atoms with E-state index < -0.39 is 16.1 Å². The fraction of sp³-hybridized carbons (Fsp3) is 0.765. The lowest BCUT2D eigenvalue weighted by molar-refractivity contribution is -0.122. The minimum absolute atomic E-state index is 0.00277. The molecule has 0 spiro atoms. The van der Waals surface area contributed by atoms with Crippen molar-refractivity contribution < 1.29 is 17.7 Å². The number of amides is 1. The van der Waals surface area contributed by atoms with Gasteiger partial charge in [-0.1, -0.05) is 5.16 Å². The zero-order valence-corrected chi connectivity index (χ0v) is 17.0. The van der Waals surface area contributed by atoms with Crippen molar-refractivity contribution in [3.63, 3.8) is 0 Å². The summed E-state index contributed by atoms with van der Waals surface area (Å²) < 4.78 is 32.3. The van der Waals surface area contributed by atoms with Gasteiger partial charge in [0.15, 0.2) is 5.76 Å². The smallest absolute Gasteiger partial charge is 0.246 e. The van der Waals surface area contributed by atoms with Crippen LogP contribution in [0.25, 0.3) is 0 Å². The Bertz CT molecular complexity index is 710. The van der Waals surface area contributed by atoms with Crippen molar-refractivity contribution >= 4 is 15.9 Å². The molecule has 8 nitrogen and oxygen atoms in total. The van der Waals surface area contributed by atoms with Gasteiger partial charge in [-0.15, -0.1) is 0 Å². The number of likely N-dealkylation sites (tertiary alicyclic amines) is 1. The number of hydrogen-bond acceptors (Lipinski definition) is 6. The first-order chi connectivity index (χ1) is 12.1. The van der Waals surface area contributed by atoms with Gasteiger partial charge in [0.1, 0.15) is 10.6 Å². The number of carbonyl (C=O) groups is 1. The molecule has 1 aliphatic heterocycles. The molecule has 2 N–H and O–H groups in total. The zero-order chi connectivity index (χ0) is 19.5. The minimum atomic E-state index is -3.86. The van der Waals surface area contributed by atoms with E-state index in [2.05, 4.69) is 33.9 Å². The molecule has 0 aromatic carbocycles. The maximum absolute atomic E-state index is 12.5. The molecular formula is C17H30N4O4S. The topological polar surface area (TPSA) is 105 Å². The third-order valence-corrected chi connectivity index (χ3v) is 6.59. The fourth-order valence-corrected chi connectivity index (χ4v) is 4.87. The van der Waals surface area contributed by atoms with E-state index in [0.29, 0.717) is 18.5 Å². The molecule has 2 atom stereocenters. The molecule has 9 heteroatoms. The summed E-state index contributed by atoms with van der Waals surface area (Å²) in [5, 5.41) is 6.53. The summed E-state index contributed by atoms with van der Waals surface area (Å²) >= 11 is 0. The van der Waals surface area contributed by atoms with Crippen molar-refractivity contribution in [2.75, 3.05) is 19.6 Å². The van der Waals surface area contributed by atoms with E-state index in [1.54, 1.807) is 6.92 Å². The van der Waals surface area contributed by atoms with E-state index in [4.69, 9.17) is 4.52 Å². The third-order valence-electron chi connectivity index (χ3n) is 4.81. The number of piperidine rings is 1. The Balaban J connectivity index is 1.90. The van der Waals surface area contributed by atoms with Crippen LogP contribution in [0.2, 0.25) is 0 Å². The van der Waals surface area contributed by atoms with Crippen LogP contribution in [0.1, 0.15) is 45.1 Å². The number of aromatic nitrogens is 1. The van der Waals surface area contributed by atoms with Crippen molar-refractivity contribution in [1.29, 1.82) is 0 Å². The van der Waals surface area contributed by atoms with Crippen LogP contribution in [0.5, 0.6) is 0 Å². The molecule has 0 bridgehead atoms. The molecule has 26 heavy (non-hydrogen) atoms. The van der Waals surface area contributed by atoms with Gasteiger partial charge in [-0.2, -0.15) is 4.72 Å². The molecule has 1 aliphatic rings. The summed E-state index contributed by atoms with van der Waals surface area (Å²) in [5.41, 5.74) is 0.276. The number of nitrogens with one attached hydrogen (secondary N) is 2. The SMILES string of the molecule is Cc1noc(C)c1S(=O)(=O)N[C@@H](C)C(=O)NCC1CCCN(C(C)C)C1. The van der Waals surface area contributed by atoms with Gasteiger partial charge < -0.3 is 14.7 Å². The molecule has 1 saturated heterocycles. The Morgan fingerprint density at radius 1 is 1.35 bits per heavy atom. The van der Waals surface area contributed by atoms with Gasteiger partial charge in [0.2, 0.25) is 15.9 Å². The van der Waals surface area contributed by atoms with Crippen LogP contribution < -0.4 is 10.0 Å². The molecular weight excluding hydrogens is 356 g/mol. The third kappa shape index (κ3) is 5.05. The molecule has 1 aromatic rings. The minimum Gasteiger partial charge on any atom is -0.360 e. The van der Waals surface area contributed by atoms with Crippen LogP contribution in [-0.4, -0.2) is 56.1 Å². The summed E-state index contributed by atoms with van der Waals surface area (Å²) in [5.74, 6) is 0.266. The molecule has 148 valence electrons. The first kappa shape index (κ1) is 20.9. The highest BCUT2D eigenvalue weighted by atomic mass is 32.2. The number of carbonyl (C=O) groups excluding carboxylic acids is 1. The Labute approximate surface area is 155 Å². The molecule has 2 rings (SSSR count). The van der Waals surface area contributed by atoms with Gasteiger partial charge in [0.05, 0.1) is 6.04 Å². The lowest BCUT2D eigenvalue weighted by Crippen LogP contribution is -2.48. The molecule has 2 heterocycles. The summed E-state index contributed by atoms with van der Waals surface area (Å²) in [7, 11) is -3.86. The van der Waals surface area contributed by atoms with Crippen molar-refractivity contribution in [2.24, 2.45) is 5.92 Å². The number of rotatable bonds is 7. The Morgan fingerprint density at radius 2 is 2.04 bits per heavy atom. The van der Waals surface area contributed by atoms with Crippen molar-refractivity contribution in [1.82, 2.24) is 20.1 Å². The molecule has 1 aromatic heterocycles. The molecule has 1 fully saturated rings. The monoisotopic (exact) mass is 386 g/mol. The van der Waals surface area contributed by atoms with Gasteiger partial charge in [-0.05, 0) is 59.9 Å². The number of sulfonamides is 1. The average molecular weight is 387 g/mol. The van der Waals surface area contributed by atoms with E-state index >= 15 is 0 Å². The fourth-order valence-electron chi connectivity index (χ4n) is 3.33. The molecule has 0 aliphatic carbocycles. The maximum atomic E-state index is 12.5. The number of aryl methyl sites for hydroxylation is 2. The summed E-state index contributed by atoms with van der Waals surface area (Å²) in [6.07, 6.45) is 2.19. The van der Waals surface area contributed by atoms with E-state index in [9.17, 15) is 13.2 Å². The van der Waals surface area contributed by atoms with Gasteiger partial charge in [0.25, 0.3) is 0 Å². The van der Waals surface area contributed by atoms with Crippen LogP contribution in [-0.2, 0) is 14.8 Å². The van der Waals surface area contributed by atoms with Crippen LogP contribution in [0.4, 0.5) is 0 Å². The highest BCUT2D eigenvalue weighted by molar-refractivity contribution is 7.89. The van der Waals surface area contributed by atoms with Crippen LogP contribution in [0.15, 0.2) is 9.42 Å². The van der Waals surface area contributed by atoms with E-state index in [0.717, 1.165) is 25.9 Å². The zero-order valence-electron chi connectivity index (χ0n) is 16.2. The van der Waals surface area contributed by atoms with Crippen molar-refractivity contribution in [3.05, 3.63) is 11.5 Å².